The Kier molecular flexibility index (Phi) is 4.36. The van der Waals surface area contributed by atoms with E-state index in [4.69, 9.17) is 23.2 Å². The summed E-state index contributed by atoms with van der Waals surface area (Å²) in [6.07, 6.45) is 0. The Hall–Kier alpha value is -0.440. The van der Waals surface area contributed by atoms with Gasteiger partial charge in [-0.1, -0.05) is 23.2 Å². The molecule has 13 heavy (non-hydrogen) atoms. The van der Waals surface area contributed by atoms with Crippen LogP contribution in [0, 0.1) is 0 Å². The van der Waals surface area contributed by atoms with Gasteiger partial charge in [0, 0.05) is 18.1 Å². The first kappa shape index (κ1) is 10.6. The summed E-state index contributed by atoms with van der Waals surface area (Å²) in [5.41, 5.74) is 0.918. The first-order valence-electron chi connectivity index (χ1n) is 4.07. The van der Waals surface area contributed by atoms with Crippen LogP contribution >= 0.6 is 23.2 Å². The molecule has 0 spiro atoms. The lowest BCUT2D eigenvalue weighted by atomic mass is 10.3. The van der Waals surface area contributed by atoms with Gasteiger partial charge in [0.25, 0.3) is 0 Å². The molecule has 0 heterocycles. The van der Waals surface area contributed by atoms with Crippen molar-refractivity contribution in [3.63, 3.8) is 0 Å². The lowest BCUT2D eigenvalue weighted by Crippen LogP contribution is -2.17. The van der Waals surface area contributed by atoms with E-state index in [1.165, 1.54) is 0 Å². The second-order valence-electron chi connectivity index (χ2n) is 2.65. The number of hydrogen-bond acceptors (Lipinski definition) is 2. The Bertz CT molecular complexity index is 276. The molecule has 0 atom stereocenters. The van der Waals surface area contributed by atoms with Crippen molar-refractivity contribution >= 4 is 28.9 Å². The molecule has 0 unspecified atom stereocenters. The minimum absolute atomic E-state index is 0.656. The van der Waals surface area contributed by atoms with E-state index in [1.54, 1.807) is 6.07 Å². The first-order valence-corrected chi connectivity index (χ1v) is 4.83. The third-order valence-corrected chi connectivity index (χ3v) is 2.17. The molecule has 0 saturated heterocycles. The average Bonchev–Trinajstić information content (AvgIpc) is 2.09. The van der Waals surface area contributed by atoms with Crippen LogP contribution in [0.25, 0.3) is 0 Å². The van der Waals surface area contributed by atoms with Gasteiger partial charge in [-0.3, -0.25) is 0 Å². The van der Waals surface area contributed by atoms with E-state index in [9.17, 15) is 0 Å². The second-order valence-corrected chi connectivity index (χ2v) is 3.50. The minimum Gasteiger partial charge on any atom is -0.383 e. The quantitative estimate of drug-likeness (QED) is 0.760. The molecule has 0 aliphatic carbocycles. The van der Waals surface area contributed by atoms with Gasteiger partial charge in [0.2, 0.25) is 0 Å². The number of benzene rings is 1. The number of nitrogens with one attached hydrogen (secondary N) is 2. The third-order valence-electron chi connectivity index (χ3n) is 1.62. The standard InChI is InChI=1S/C9H12Cl2N2/c1-12-4-5-13-9-3-2-7(10)6-8(9)11/h2-3,6,12-13H,4-5H2,1H3. The van der Waals surface area contributed by atoms with Crippen LogP contribution in [0.2, 0.25) is 10.0 Å². The topological polar surface area (TPSA) is 24.1 Å². The highest BCUT2D eigenvalue weighted by Crippen LogP contribution is 2.24. The number of hydrogen-bond donors (Lipinski definition) is 2. The van der Waals surface area contributed by atoms with Crippen LogP contribution < -0.4 is 10.6 Å². The van der Waals surface area contributed by atoms with E-state index in [-0.39, 0.29) is 0 Å². The normalized spacial score (nSPS) is 10.1. The predicted octanol–water partition coefficient (Wildman–Crippen LogP) is 2.62. The van der Waals surface area contributed by atoms with Gasteiger partial charge < -0.3 is 10.6 Å². The molecule has 0 amide bonds. The van der Waals surface area contributed by atoms with Gasteiger partial charge in [0.1, 0.15) is 0 Å². The summed E-state index contributed by atoms with van der Waals surface area (Å²) >= 11 is 11.7. The molecule has 0 fully saturated rings. The Labute approximate surface area is 88.2 Å². The van der Waals surface area contributed by atoms with E-state index in [0.717, 1.165) is 18.8 Å². The van der Waals surface area contributed by atoms with Crippen molar-refractivity contribution in [3.05, 3.63) is 28.2 Å². The second kappa shape index (κ2) is 5.32. The van der Waals surface area contributed by atoms with Gasteiger partial charge in [0.05, 0.1) is 10.7 Å². The third kappa shape index (κ3) is 3.43. The van der Waals surface area contributed by atoms with Crippen molar-refractivity contribution in [1.29, 1.82) is 0 Å². The smallest absolute Gasteiger partial charge is 0.0652 e. The fourth-order valence-corrected chi connectivity index (χ4v) is 1.43. The molecule has 4 heteroatoms. The first-order chi connectivity index (χ1) is 6.24. The zero-order valence-corrected chi connectivity index (χ0v) is 8.91. The lowest BCUT2D eigenvalue weighted by Gasteiger charge is -2.07. The van der Waals surface area contributed by atoms with Crippen molar-refractivity contribution in [2.45, 2.75) is 0 Å². The number of anilines is 1. The molecule has 2 nitrogen and oxygen atoms in total. The summed E-state index contributed by atoms with van der Waals surface area (Å²) in [6, 6.07) is 5.42. The zero-order valence-electron chi connectivity index (χ0n) is 7.40. The van der Waals surface area contributed by atoms with Gasteiger partial charge in [-0.2, -0.15) is 0 Å². The molecule has 1 aromatic carbocycles. The van der Waals surface area contributed by atoms with Gasteiger partial charge in [-0.05, 0) is 25.2 Å². The largest absolute Gasteiger partial charge is 0.383 e. The fraction of sp³-hybridized carbons (Fsp3) is 0.333. The van der Waals surface area contributed by atoms with E-state index in [0.29, 0.717) is 10.0 Å². The van der Waals surface area contributed by atoms with Crippen LogP contribution in [0.4, 0.5) is 5.69 Å². The molecular weight excluding hydrogens is 207 g/mol. The van der Waals surface area contributed by atoms with Crippen molar-refractivity contribution in [1.82, 2.24) is 5.32 Å². The summed E-state index contributed by atoms with van der Waals surface area (Å²) in [5.74, 6) is 0. The monoisotopic (exact) mass is 218 g/mol. The Morgan fingerprint density at radius 3 is 2.62 bits per heavy atom. The maximum Gasteiger partial charge on any atom is 0.0652 e. The lowest BCUT2D eigenvalue weighted by molar-refractivity contribution is 0.824. The molecule has 2 N–H and O–H groups in total. The molecule has 72 valence electrons. The summed E-state index contributed by atoms with van der Waals surface area (Å²) in [7, 11) is 1.91. The van der Waals surface area contributed by atoms with Crippen LogP contribution in [0.3, 0.4) is 0 Å². The average molecular weight is 219 g/mol. The fourth-order valence-electron chi connectivity index (χ4n) is 0.955. The summed E-state index contributed by atoms with van der Waals surface area (Å²) < 4.78 is 0. The number of likely N-dealkylation sites (N-methyl/N-ethyl adjacent to an activating group) is 1. The van der Waals surface area contributed by atoms with E-state index in [1.807, 2.05) is 19.2 Å². The Morgan fingerprint density at radius 1 is 1.23 bits per heavy atom. The molecule has 0 radical (unpaired) electrons. The highest BCUT2D eigenvalue weighted by Gasteiger charge is 1.98. The van der Waals surface area contributed by atoms with Crippen molar-refractivity contribution in [3.8, 4) is 0 Å². The van der Waals surface area contributed by atoms with Crippen LogP contribution in [0.15, 0.2) is 18.2 Å². The summed E-state index contributed by atoms with van der Waals surface area (Å²) in [5, 5.41) is 7.54. The van der Waals surface area contributed by atoms with Crippen molar-refractivity contribution < 1.29 is 0 Å². The SMILES string of the molecule is CNCCNc1ccc(Cl)cc1Cl. The van der Waals surface area contributed by atoms with Crippen LogP contribution in [-0.2, 0) is 0 Å². The highest BCUT2D eigenvalue weighted by atomic mass is 35.5. The van der Waals surface area contributed by atoms with Gasteiger partial charge in [-0.15, -0.1) is 0 Å². The molecule has 0 aromatic heterocycles. The van der Waals surface area contributed by atoms with Crippen LogP contribution in [-0.4, -0.2) is 20.1 Å². The van der Waals surface area contributed by atoms with E-state index in [2.05, 4.69) is 10.6 Å². The molecular formula is C9H12Cl2N2. The van der Waals surface area contributed by atoms with Gasteiger partial charge >= 0.3 is 0 Å². The molecule has 1 aromatic rings. The molecule has 0 aliphatic heterocycles. The number of halogens is 2. The molecule has 0 aliphatic rings. The van der Waals surface area contributed by atoms with E-state index < -0.39 is 0 Å². The van der Waals surface area contributed by atoms with Crippen molar-refractivity contribution in [2.75, 3.05) is 25.5 Å². The summed E-state index contributed by atoms with van der Waals surface area (Å²) in [4.78, 5) is 0. The highest BCUT2D eigenvalue weighted by molar-refractivity contribution is 6.36. The van der Waals surface area contributed by atoms with Crippen LogP contribution in [0.1, 0.15) is 0 Å². The molecule has 0 saturated carbocycles. The molecule has 0 bridgehead atoms. The summed E-state index contributed by atoms with van der Waals surface area (Å²) in [6.45, 7) is 1.75. The maximum atomic E-state index is 5.94. The van der Waals surface area contributed by atoms with Gasteiger partial charge in [0.15, 0.2) is 0 Å². The van der Waals surface area contributed by atoms with Gasteiger partial charge in [-0.25, -0.2) is 0 Å². The zero-order chi connectivity index (χ0) is 9.68. The Balaban J connectivity index is 2.56. The number of rotatable bonds is 4. The van der Waals surface area contributed by atoms with E-state index >= 15 is 0 Å². The predicted molar refractivity (Wildman–Crippen MR) is 58.9 cm³/mol. The Morgan fingerprint density at radius 2 is 2.00 bits per heavy atom. The maximum absolute atomic E-state index is 5.94. The minimum atomic E-state index is 0.656. The van der Waals surface area contributed by atoms with Crippen molar-refractivity contribution in [2.24, 2.45) is 0 Å². The molecule has 1 rings (SSSR count). The van der Waals surface area contributed by atoms with Crippen LogP contribution in [0.5, 0.6) is 0 Å².